The van der Waals surface area contributed by atoms with E-state index in [4.69, 9.17) is 10.2 Å². The first kappa shape index (κ1) is 12.4. The van der Waals surface area contributed by atoms with Crippen molar-refractivity contribution in [3.63, 3.8) is 0 Å². The van der Waals surface area contributed by atoms with Gasteiger partial charge in [-0.1, -0.05) is 34.1 Å². The minimum Gasteiger partial charge on any atom is -0.459 e. The van der Waals surface area contributed by atoms with E-state index in [1.165, 1.54) is 12.1 Å². The average molecular weight is 320 g/mol. The molecular weight excluding hydrogens is 309 g/mol. The summed E-state index contributed by atoms with van der Waals surface area (Å²) in [4.78, 5) is 0. The van der Waals surface area contributed by atoms with E-state index in [9.17, 15) is 4.39 Å². The van der Waals surface area contributed by atoms with Gasteiger partial charge in [-0.05, 0) is 35.9 Å². The number of rotatable bonds is 2. The van der Waals surface area contributed by atoms with Gasteiger partial charge in [-0.25, -0.2) is 4.39 Å². The topological polar surface area (TPSA) is 39.2 Å². The van der Waals surface area contributed by atoms with Crippen LogP contribution in [0, 0.1) is 5.82 Å². The Kier molecular flexibility index (Phi) is 3.12. The van der Waals surface area contributed by atoms with Crippen LogP contribution in [0.3, 0.4) is 0 Å². The SMILES string of the molecule is NC(c1cc2ccccc2o1)c1cc(F)ccc1Br. The third-order valence-electron chi connectivity index (χ3n) is 3.04. The van der Waals surface area contributed by atoms with Gasteiger partial charge in [-0.2, -0.15) is 0 Å². The second-order valence-electron chi connectivity index (χ2n) is 4.33. The summed E-state index contributed by atoms with van der Waals surface area (Å²) in [6.07, 6.45) is 0. The van der Waals surface area contributed by atoms with E-state index in [0.29, 0.717) is 11.3 Å². The Bertz CT molecular complexity index is 705. The van der Waals surface area contributed by atoms with Crippen LogP contribution in [0.5, 0.6) is 0 Å². The number of hydrogen-bond donors (Lipinski definition) is 1. The minimum absolute atomic E-state index is 0.315. The van der Waals surface area contributed by atoms with Gasteiger partial charge in [0.1, 0.15) is 17.2 Å². The maximum atomic E-state index is 13.3. The maximum absolute atomic E-state index is 13.3. The monoisotopic (exact) mass is 319 g/mol. The van der Waals surface area contributed by atoms with Crippen molar-refractivity contribution in [2.75, 3.05) is 0 Å². The zero-order chi connectivity index (χ0) is 13.4. The molecule has 4 heteroatoms. The third kappa shape index (κ3) is 2.29. The minimum atomic E-state index is -0.502. The Labute approximate surface area is 118 Å². The first-order chi connectivity index (χ1) is 9.15. The van der Waals surface area contributed by atoms with Gasteiger partial charge in [0.25, 0.3) is 0 Å². The smallest absolute Gasteiger partial charge is 0.134 e. The van der Waals surface area contributed by atoms with E-state index in [1.807, 2.05) is 30.3 Å². The molecule has 1 atom stereocenters. The second kappa shape index (κ2) is 4.79. The Morgan fingerprint density at radius 2 is 1.89 bits per heavy atom. The summed E-state index contributed by atoms with van der Waals surface area (Å²) >= 11 is 3.38. The first-order valence-electron chi connectivity index (χ1n) is 5.84. The maximum Gasteiger partial charge on any atom is 0.134 e. The lowest BCUT2D eigenvalue weighted by atomic mass is 10.1. The summed E-state index contributed by atoms with van der Waals surface area (Å²) in [5.74, 6) is 0.303. The molecule has 0 saturated carbocycles. The van der Waals surface area contributed by atoms with Crippen LogP contribution in [-0.2, 0) is 0 Å². The summed E-state index contributed by atoms with van der Waals surface area (Å²) in [6.45, 7) is 0. The van der Waals surface area contributed by atoms with E-state index in [1.54, 1.807) is 6.07 Å². The summed E-state index contributed by atoms with van der Waals surface area (Å²) in [5, 5.41) is 0.987. The lowest BCUT2D eigenvalue weighted by Crippen LogP contribution is -2.11. The molecule has 3 aromatic rings. The Balaban J connectivity index is 2.07. The van der Waals surface area contributed by atoms with Gasteiger partial charge in [-0.15, -0.1) is 0 Å². The van der Waals surface area contributed by atoms with Crippen molar-refractivity contribution in [1.29, 1.82) is 0 Å². The van der Waals surface area contributed by atoms with Crippen LogP contribution < -0.4 is 5.73 Å². The molecule has 1 heterocycles. The molecule has 0 aliphatic heterocycles. The molecule has 0 saturated heterocycles. The van der Waals surface area contributed by atoms with Gasteiger partial charge < -0.3 is 10.2 Å². The highest BCUT2D eigenvalue weighted by atomic mass is 79.9. The predicted molar refractivity (Wildman–Crippen MR) is 76.3 cm³/mol. The number of para-hydroxylation sites is 1. The van der Waals surface area contributed by atoms with Crippen LogP contribution in [0.4, 0.5) is 4.39 Å². The number of furan rings is 1. The highest BCUT2D eigenvalue weighted by Gasteiger charge is 2.17. The fraction of sp³-hybridized carbons (Fsp3) is 0.0667. The molecule has 0 fully saturated rings. The molecule has 1 aromatic heterocycles. The molecule has 0 amide bonds. The molecule has 96 valence electrons. The van der Waals surface area contributed by atoms with Gasteiger partial charge in [0.15, 0.2) is 0 Å². The molecular formula is C15H11BrFNO. The van der Waals surface area contributed by atoms with Crippen LogP contribution in [0.25, 0.3) is 11.0 Å². The predicted octanol–water partition coefficient (Wildman–Crippen LogP) is 4.38. The first-order valence-corrected chi connectivity index (χ1v) is 6.63. The molecule has 0 bridgehead atoms. The van der Waals surface area contributed by atoms with Crippen LogP contribution in [0.1, 0.15) is 17.4 Å². The number of benzene rings is 2. The largest absolute Gasteiger partial charge is 0.459 e. The van der Waals surface area contributed by atoms with E-state index in [2.05, 4.69) is 15.9 Å². The molecule has 19 heavy (non-hydrogen) atoms. The van der Waals surface area contributed by atoms with Crippen molar-refractivity contribution in [3.8, 4) is 0 Å². The number of hydrogen-bond acceptors (Lipinski definition) is 2. The molecule has 2 N–H and O–H groups in total. The number of fused-ring (bicyclic) bond motifs is 1. The van der Waals surface area contributed by atoms with E-state index >= 15 is 0 Å². The van der Waals surface area contributed by atoms with E-state index < -0.39 is 6.04 Å². The normalized spacial score (nSPS) is 12.8. The molecule has 0 aliphatic rings. The highest BCUT2D eigenvalue weighted by molar-refractivity contribution is 9.10. The second-order valence-corrected chi connectivity index (χ2v) is 5.18. The third-order valence-corrected chi connectivity index (χ3v) is 3.77. The Morgan fingerprint density at radius 3 is 2.68 bits per heavy atom. The van der Waals surface area contributed by atoms with Crippen LogP contribution in [0.2, 0.25) is 0 Å². The average Bonchev–Trinajstić information content (AvgIpc) is 2.84. The fourth-order valence-corrected chi connectivity index (χ4v) is 2.56. The van der Waals surface area contributed by atoms with Crippen molar-refractivity contribution in [3.05, 3.63) is 70.1 Å². The van der Waals surface area contributed by atoms with Crippen LogP contribution >= 0.6 is 15.9 Å². The quantitative estimate of drug-likeness (QED) is 0.761. The van der Waals surface area contributed by atoms with Gasteiger partial charge in [0.2, 0.25) is 0 Å². The van der Waals surface area contributed by atoms with Crippen molar-refractivity contribution in [1.82, 2.24) is 0 Å². The van der Waals surface area contributed by atoms with Crippen molar-refractivity contribution < 1.29 is 8.81 Å². The van der Waals surface area contributed by atoms with Crippen molar-refractivity contribution >= 4 is 26.9 Å². The molecule has 0 aliphatic carbocycles. The van der Waals surface area contributed by atoms with Gasteiger partial charge in [0.05, 0.1) is 6.04 Å². The molecule has 0 radical (unpaired) electrons. The Hall–Kier alpha value is -1.65. The summed E-state index contributed by atoms with van der Waals surface area (Å²) in [5.41, 5.74) is 7.60. The number of nitrogens with two attached hydrogens (primary N) is 1. The van der Waals surface area contributed by atoms with Crippen LogP contribution in [0.15, 0.2) is 57.4 Å². The summed E-state index contributed by atoms with van der Waals surface area (Å²) in [6, 6.07) is 13.5. The molecule has 1 unspecified atom stereocenters. The summed E-state index contributed by atoms with van der Waals surface area (Å²) < 4.78 is 19.8. The zero-order valence-corrected chi connectivity index (χ0v) is 11.5. The molecule has 3 rings (SSSR count). The van der Waals surface area contributed by atoms with Gasteiger partial charge in [0, 0.05) is 9.86 Å². The lowest BCUT2D eigenvalue weighted by Gasteiger charge is -2.11. The lowest BCUT2D eigenvalue weighted by molar-refractivity contribution is 0.522. The number of halogens is 2. The Morgan fingerprint density at radius 1 is 1.11 bits per heavy atom. The van der Waals surface area contributed by atoms with Gasteiger partial charge >= 0.3 is 0 Å². The standard InChI is InChI=1S/C15H11BrFNO/c16-12-6-5-10(17)8-11(12)15(18)14-7-9-3-1-2-4-13(9)19-14/h1-8,15H,18H2. The fourth-order valence-electron chi connectivity index (χ4n) is 2.06. The van der Waals surface area contributed by atoms with Gasteiger partial charge in [-0.3, -0.25) is 0 Å². The highest BCUT2D eigenvalue weighted by Crippen LogP contribution is 2.30. The van der Waals surface area contributed by atoms with E-state index in [-0.39, 0.29) is 5.82 Å². The van der Waals surface area contributed by atoms with E-state index in [0.717, 1.165) is 15.4 Å². The van der Waals surface area contributed by atoms with Crippen LogP contribution in [-0.4, -0.2) is 0 Å². The summed E-state index contributed by atoms with van der Waals surface area (Å²) in [7, 11) is 0. The molecule has 2 nitrogen and oxygen atoms in total. The zero-order valence-electron chi connectivity index (χ0n) is 9.94. The molecule has 0 spiro atoms. The van der Waals surface area contributed by atoms with Crippen molar-refractivity contribution in [2.45, 2.75) is 6.04 Å². The van der Waals surface area contributed by atoms with Crippen molar-refractivity contribution in [2.24, 2.45) is 5.73 Å². The molecule has 2 aromatic carbocycles.